The van der Waals surface area contributed by atoms with Gasteiger partial charge in [0.05, 0.1) is 30.1 Å². The number of carbonyl (C=O) groups excluding carboxylic acids is 1. The molecule has 0 N–H and O–H groups in total. The molecule has 0 aliphatic rings. The minimum atomic E-state index is -0.160. The average Bonchev–Trinajstić information content (AvgIpc) is 3.22. The molecule has 0 saturated heterocycles. The Morgan fingerprint density at radius 3 is 2.63 bits per heavy atom. The smallest absolute Gasteiger partial charge is 0.254 e. The second-order valence-electron chi connectivity index (χ2n) is 6.86. The van der Waals surface area contributed by atoms with E-state index in [2.05, 4.69) is 5.10 Å². The molecular formula is C23H26ClN3O3. The number of benzene rings is 2. The predicted molar refractivity (Wildman–Crippen MR) is 118 cm³/mol. The van der Waals surface area contributed by atoms with Crippen molar-refractivity contribution in [2.45, 2.75) is 26.8 Å². The number of hydrogen-bond acceptors (Lipinski definition) is 4. The number of para-hydroxylation sites is 1. The monoisotopic (exact) mass is 427 g/mol. The van der Waals surface area contributed by atoms with Crippen LogP contribution >= 0.6 is 11.6 Å². The topological polar surface area (TPSA) is 56.6 Å². The number of ether oxygens (including phenoxy) is 2. The largest absolute Gasteiger partial charge is 0.490 e. The summed E-state index contributed by atoms with van der Waals surface area (Å²) in [6.45, 7) is 5.29. The number of hydrogen-bond donors (Lipinski definition) is 0. The molecule has 0 spiro atoms. The van der Waals surface area contributed by atoms with E-state index in [0.717, 1.165) is 17.7 Å². The molecule has 0 aliphatic carbocycles. The number of nitrogens with zero attached hydrogens (tertiary/aromatic N) is 3. The second kappa shape index (κ2) is 10.2. The van der Waals surface area contributed by atoms with E-state index in [1.165, 1.54) is 0 Å². The van der Waals surface area contributed by atoms with Gasteiger partial charge < -0.3 is 14.4 Å². The first-order valence-electron chi connectivity index (χ1n) is 9.97. The lowest BCUT2D eigenvalue weighted by atomic mass is 10.1. The summed E-state index contributed by atoms with van der Waals surface area (Å²) in [7, 11) is 1.75. The number of rotatable bonds is 9. The molecule has 0 saturated carbocycles. The Morgan fingerprint density at radius 2 is 1.93 bits per heavy atom. The lowest BCUT2D eigenvalue weighted by Gasteiger charge is -2.19. The van der Waals surface area contributed by atoms with Gasteiger partial charge in [0.2, 0.25) is 0 Å². The van der Waals surface area contributed by atoms with E-state index in [0.29, 0.717) is 41.8 Å². The maximum absolute atomic E-state index is 13.0. The van der Waals surface area contributed by atoms with Crippen LogP contribution in [0.25, 0.3) is 5.69 Å². The van der Waals surface area contributed by atoms with E-state index in [-0.39, 0.29) is 5.91 Å². The highest BCUT2D eigenvalue weighted by atomic mass is 35.5. The molecule has 0 fully saturated rings. The molecule has 158 valence electrons. The Bertz CT molecular complexity index is 989. The Morgan fingerprint density at radius 1 is 1.17 bits per heavy atom. The molecule has 0 atom stereocenters. The summed E-state index contributed by atoms with van der Waals surface area (Å²) >= 11 is 6.40. The average molecular weight is 428 g/mol. The molecule has 2 aromatic carbocycles. The fourth-order valence-electron chi connectivity index (χ4n) is 3.03. The normalized spacial score (nSPS) is 10.7. The van der Waals surface area contributed by atoms with Crippen molar-refractivity contribution in [2.24, 2.45) is 0 Å². The minimum absolute atomic E-state index is 0.160. The summed E-state index contributed by atoms with van der Waals surface area (Å²) < 4.78 is 13.2. The van der Waals surface area contributed by atoms with Crippen molar-refractivity contribution in [3.05, 3.63) is 71.0 Å². The van der Waals surface area contributed by atoms with Crippen LogP contribution in [0.4, 0.5) is 0 Å². The van der Waals surface area contributed by atoms with E-state index in [1.54, 1.807) is 35.0 Å². The molecule has 6 nitrogen and oxygen atoms in total. The summed E-state index contributed by atoms with van der Waals surface area (Å²) in [5.41, 5.74) is 2.34. The number of halogens is 1. The molecule has 1 heterocycles. The number of aromatic nitrogens is 2. The van der Waals surface area contributed by atoms with Gasteiger partial charge in [-0.05, 0) is 37.6 Å². The highest BCUT2D eigenvalue weighted by molar-refractivity contribution is 6.32. The first-order valence-corrected chi connectivity index (χ1v) is 10.3. The van der Waals surface area contributed by atoms with Gasteiger partial charge in [-0.1, -0.05) is 36.7 Å². The summed E-state index contributed by atoms with van der Waals surface area (Å²) in [4.78, 5) is 14.6. The van der Waals surface area contributed by atoms with Gasteiger partial charge in [-0.15, -0.1) is 0 Å². The van der Waals surface area contributed by atoms with Gasteiger partial charge in [-0.2, -0.15) is 5.10 Å². The van der Waals surface area contributed by atoms with Crippen LogP contribution in [0.15, 0.2) is 54.9 Å². The van der Waals surface area contributed by atoms with Gasteiger partial charge >= 0.3 is 0 Å². The molecular weight excluding hydrogens is 402 g/mol. The SMILES string of the molecule is CCCOc1c(Cl)cc(C(=O)N(C)Cc2cnn(-c3ccccc3)c2)cc1OCC. The number of amides is 1. The Balaban J connectivity index is 1.76. The fraction of sp³-hybridized carbons (Fsp3) is 0.304. The van der Waals surface area contributed by atoms with Crippen LogP contribution in [0.1, 0.15) is 36.2 Å². The van der Waals surface area contributed by atoms with Crippen molar-refractivity contribution < 1.29 is 14.3 Å². The van der Waals surface area contributed by atoms with E-state index >= 15 is 0 Å². The van der Waals surface area contributed by atoms with Crippen molar-refractivity contribution >= 4 is 17.5 Å². The Kier molecular flexibility index (Phi) is 7.36. The van der Waals surface area contributed by atoms with E-state index < -0.39 is 0 Å². The molecule has 7 heteroatoms. The van der Waals surface area contributed by atoms with Crippen LogP contribution in [0.2, 0.25) is 5.02 Å². The van der Waals surface area contributed by atoms with Crippen LogP contribution in [-0.4, -0.2) is 40.8 Å². The van der Waals surface area contributed by atoms with Crippen LogP contribution in [0.3, 0.4) is 0 Å². The van der Waals surface area contributed by atoms with Gasteiger partial charge in [0.1, 0.15) is 0 Å². The second-order valence-corrected chi connectivity index (χ2v) is 7.26. The minimum Gasteiger partial charge on any atom is -0.490 e. The highest BCUT2D eigenvalue weighted by Crippen LogP contribution is 2.37. The van der Waals surface area contributed by atoms with E-state index in [9.17, 15) is 4.79 Å². The third-order valence-electron chi connectivity index (χ3n) is 4.43. The molecule has 3 aromatic rings. The van der Waals surface area contributed by atoms with Crippen LogP contribution < -0.4 is 9.47 Å². The summed E-state index contributed by atoms with van der Waals surface area (Å²) in [5.74, 6) is 0.795. The van der Waals surface area contributed by atoms with Crippen LogP contribution in [-0.2, 0) is 6.54 Å². The lowest BCUT2D eigenvalue weighted by Crippen LogP contribution is -2.26. The maximum Gasteiger partial charge on any atom is 0.254 e. The molecule has 0 aliphatic heterocycles. The zero-order chi connectivity index (χ0) is 21.5. The van der Waals surface area contributed by atoms with Gasteiger partial charge in [-0.3, -0.25) is 4.79 Å². The van der Waals surface area contributed by atoms with Crippen molar-refractivity contribution in [3.63, 3.8) is 0 Å². The number of carbonyl (C=O) groups is 1. The Hall–Kier alpha value is -2.99. The molecule has 0 radical (unpaired) electrons. The zero-order valence-electron chi connectivity index (χ0n) is 17.5. The van der Waals surface area contributed by atoms with Crippen molar-refractivity contribution in [1.82, 2.24) is 14.7 Å². The molecule has 0 unspecified atom stereocenters. The van der Waals surface area contributed by atoms with Crippen LogP contribution in [0.5, 0.6) is 11.5 Å². The fourth-order valence-corrected chi connectivity index (χ4v) is 3.29. The van der Waals surface area contributed by atoms with Crippen LogP contribution in [0, 0.1) is 0 Å². The van der Waals surface area contributed by atoms with Gasteiger partial charge in [0.25, 0.3) is 5.91 Å². The molecule has 0 bridgehead atoms. The molecule has 30 heavy (non-hydrogen) atoms. The first-order chi connectivity index (χ1) is 14.5. The van der Waals surface area contributed by atoms with Crippen molar-refractivity contribution in [3.8, 4) is 17.2 Å². The first kappa shape index (κ1) is 21.7. The Labute approximate surface area is 182 Å². The van der Waals surface area contributed by atoms with Gasteiger partial charge in [0, 0.05) is 30.9 Å². The molecule has 3 rings (SSSR count). The van der Waals surface area contributed by atoms with Gasteiger partial charge in [0.15, 0.2) is 11.5 Å². The molecule has 1 aromatic heterocycles. The van der Waals surface area contributed by atoms with E-state index in [4.69, 9.17) is 21.1 Å². The quantitative estimate of drug-likeness (QED) is 0.483. The standard InChI is InChI=1S/C23H26ClN3O3/c1-4-11-30-22-20(24)12-18(13-21(22)29-5-2)23(28)26(3)15-17-14-25-27(16-17)19-9-7-6-8-10-19/h6-10,12-14,16H,4-5,11,15H2,1-3H3. The molecule has 1 amide bonds. The highest BCUT2D eigenvalue weighted by Gasteiger charge is 2.19. The predicted octanol–water partition coefficient (Wildman–Crippen LogP) is 4.99. The van der Waals surface area contributed by atoms with Crippen molar-refractivity contribution in [1.29, 1.82) is 0 Å². The zero-order valence-corrected chi connectivity index (χ0v) is 18.2. The summed E-state index contributed by atoms with van der Waals surface area (Å²) in [5, 5.41) is 4.75. The summed E-state index contributed by atoms with van der Waals surface area (Å²) in [6, 6.07) is 13.1. The maximum atomic E-state index is 13.0. The van der Waals surface area contributed by atoms with Crippen molar-refractivity contribution in [2.75, 3.05) is 20.3 Å². The van der Waals surface area contributed by atoms with E-state index in [1.807, 2.05) is 50.4 Å². The third kappa shape index (κ3) is 5.13. The summed E-state index contributed by atoms with van der Waals surface area (Å²) in [6.07, 6.45) is 4.53. The third-order valence-corrected chi connectivity index (χ3v) is 4.71. The lowest BCUT2D eigenvalue weighted by molar-refractivity contribution is 0.0784. The van der Waals surface area contributed by atoms with Gasteiger partial charge in [-0.25, -0.2) is 4.68 Å².